The van der Waals surface area contributed by atoms with Crippen LogP contribution in [0.25, 0.3) is 0 Å². The van der Waals surface area contributed by atoms with Gasteiger partial charge >= 0.3 is 0 Å². The zero-order valence-corrected chi connectivity index (χ0v) is 14.0. The number of para-hydroxylation sites is 2. The van der Waals surface area contributed by atoms with Crippen LogP contribution in [0.15, 0.2) is 24.3 Å². The zero-order valence-electron chi connectivity index (χ0n) is 14.0. The Morgan fingerprint density at radius 3 is 2.87 bits per heavy atom. The van der Waals surface area contributed by atoms with Gasteiger partial charge in [-0.2, -0.15) is 0 Å². The lowest BCUT2D eigenvalue weighted by molar-refractivity contribution is -0.143. The Balaban J connectivity index is 1.65. The molecular weight excluding hydrogens is 292 g/mol. The van der Waals surface area contributed by atoms with E-state index in [2.05, 4.69) is 12.2 Å². The summed E-state index contributed by atoms with van der Waals surface area (Å²) in [6.07, 6.45) is 1.88. The molecule has 1 saturated heterocycles. The highest BCUT2D eigenvalue weighted by atomic mass is 16.6. The molecular formula is C18H26N2O3. The summed E-state index contributed by atoms with van der Waals surface area (Å²) in [5, 5.41) is 3.35. The molecule has 1 amide bonds. The van der Waals surface area contributed by atoms with E-state index in [0.717, 1.165) is 37.4 Å². The highest BCUT2D eigenvalue weighted by Gasteiger charge is 2.38. The highest BCUT2D eigenvalue weighted by molar-refractivity contribution is 5.82. The number of rotatable bonds is 4. The van der Waals surface area contributed by atoms with Crippen molar-refractivity contribution in [2.45, 2.75) is 32.8 Å². The van der Waals surface area contributed by atoms with Crippen molar-refractivity contribution in [2.24, 2.45) is 5.41 Å². The van der Waals surface area contributed by atoms with E-state index in [9.17, 15) is 4.79 Å². The van der Waals surface area contributed by atoms with E-state index in [0.29, 0.717) is 19.7 Å². The maximum atomic E-state index is 13.0. The van der Waals surface area contributed by atoms with Crippen molar-refractivity contribution in [3.63, 3.8) is 0 Å². The van der Waals surface area contributed by atoms with Crippen LogP contribution in [-0.4, -0.2) is 49.7 Å². The normalized spacial score (nSPS) is 26.6. The number of likely N-dealkylation sites (N-methyl/N-ethyl adjacent to an activating group) is 1. The summed E-state index contributed by atoms with van der Waals surface area (Å²) in [6, 6.07) is 7.68. The van der Waals surface area contributed by atoms with Crippen molar-refractivity contribution in [1.29, 1.82) is 0 Å². The summed E-state index contributed by atoms with van der Waals surface area (Å²) < 4.78 is 11.8. The molecule has 1 fully saturated rings. The molecule has 0 aromatic heterocycles. The van der Waals surface area contributed by atoms with Gasteiger partial charge in [0, 0.05) is 13.1 Å². The van der Waals surface area contributed by atoms with Crippen LogP contribution in [0.4, 0.5) is 0 Å². The first-order valence-electron chi connectivity index (χ1n) is 8.51. The first-order chi connectivity index (χ1) is 11.1. The number of carbonyl (C=O) groups excluding carboxylic acids is 1. The molecule has 1 aromatic carbocycles. The van der Waals surface area contributed by atoms with Gasteiger partial charge in [-0.15, -0.1) is 0 Å². The maximum Gasteiger partial charge on any atom is 0.229 e. The van der Waals surface area contributed by atoms with Crippen LogP contribution in [-0.2, 0) is 4.79 Å². The van der Waals surface area contributed by atoms with Gasteiger partial charge in [0.2, 0.25) is 5.91 Å². The van der Waals surface area contributed by atoms with E-state index in [-0.39, 0.29) is 17.4 Å². The predicted molar refractivity (Wildman–Crippen MR) is 88.8 cm³/mol. The van der Waals surface area contributed by atoms with Crippen LogP contribution in [0, 0.1) is 5.41 Å². The highest BCUT2D eigenvalue weighted by Crippen LogP contribution is 2.32. The molecule has 1 N–H and O–H groups in total. The first kappa shape index (κ1) is 16.1. The molecule has 2 heterocycles. The third-order valence-corrected chi connectivity index (χ3v) is 4.77. The number of carbonyl (C=O) groups is 1. The van der Waals surface area contributed by atoms with Crippen molar-refractivity contribution in [3.05, 3.63) is 24.3 Å². The minimum atomic E-state index is -0.304. The number of benzene rings is 1. The maximum absolute atomic E-state index is 13.0. The van der Waals surface area contributed by atoms with Gasteiger partial charge in [0.05, 0.1) is 12.0 Å². The van der Waals surface area contributed by atoms with Gasteiger partial charge in [0.15, 0.2) is 17.6 Å². The van der Waals surface area contributed by atoms with E-state index >= 15 is 0 Å². The fourth-order valence-corrected chi connectivity index (χ4v) is 3.37. The van der Waals surface area contributed by atoms with Crippen LogP contribution in [0.2, 0.25) is 0 Å². The average Bonchev–Trinajstić information content (AvgIpc) is 2.59. The lowest BCUT2D eigenvalue weighted by Crippen LogP contribution is -2.53. The second-order valence-corrected chi connectivity index (χ2v) is 6.68. The van der Waals surface area contributed by atoms with Gasteiger partial charge in [-0.05, 0) is 45.4 Å². The van der Waals surface area contributed by atoms with Gasteiger partial charge < -0.3 is 19.7 Å². The van der Waals surface area contributed by atoms with E-state index in [4.69, 9.17) is 9.47 Å². The van der Waals surface area contributed by atoms with Crippen LogP contribution in [0.3, 0.4) is 0 Å². The molecule has 0 saturated carbocycles. The third-order valence-electron chi connectivity index (χ3n) is 4.77. The monoisotopic (exact) mass is 318 g/mol. The molecule has 2 aliphatic rings. The van der Waals surface area contributed by atoms with Gasteiger partial charge in [-0.25, -0.2) is 0 Å². The van der Waals surface area contributed by atoms with Crippen molar-refractivity contribution in [1.82, 2.24) is 10.2 Å². The van der Waals surface area contributed by atoms with Crippen LogP contribution in [0.1, 0.15) is 26.7 Å². The van der Waals surface area contributed by atoms with Crippen molar-refractivity contribution >= 4 is 5.91 Å². The quantitative estimate of drug-likeness (QED) is 0.923. The average molecular weight is 318 g/mol. The molecule has 5 nitrogen and oxygen atoms in total. The summed E-state index contributed by atoms with van der Waals surface area (Å²) >= 11 is 0. The summed E-state index contributed by atoms with van der Waals surface area (Å²) in [4.78, 5) is 14.9. The van der Waals surface area contributed by atoms with Gasteiger partial charge in [0.1, 0.15) is 6.61 Å². The number of amides is 1. The Morgan fingerprint density at radius 1 is 1.39 bits per heavy atom. The van der Waals surface area contributed by atoms with Gasteiger partial charge in [-0.3, -0.25) is 4.79 Å². The number of nitrogens with one attached hydrogen (secondary N) is 1. The lowest BCUT2D eigenvalue weighted by atomic mass is 9.81. The fourth-order valence-electron chi connectivity index (χ4n) is 3.37. The minimum Gasteiger partial charge on any atom is -0.486 e. The largest absolute Gasteiger partial charge is 0.486 e. The number of fused-ring (bicyclic) bond motifs is 1. The first-order valence-corrected chi connectivity index (χ1v) is 8.51. The molecule has 0 spiro atoms. The Morgan fingerprint density at radius 2 is 2.17 bits per heavy atom. The minimum absolute atomic E-state index is 0.117. The summed E-state index contributed by atoms with van der Waals surface area (Å²) in [5.41, 5.74) is -0.304. The standard InChI is InChI=1S/C18H26N2O3/c1-3-20(17(21)18(2)9-6-10-19-13-18)11-14-12-22-15-7-4-5-8-16(15)23-14/h4-5,7-8,14,19H,3,6,9-13H2,1-2H3. The number of piperidine rings is 1. The summed E-state index contributed by atoms with van der Waals surface area (Å²) in [5.74, 6) is 1.76. The molecule has 3 rings (SSSR count). The number of ether oxygens (including phenoxy) is 2. The number of hydrogen-bond acceptors (Lipinski definition) is 4. The molecule has 23 heavy (non-hydrogen) atoms. The third kappa shape index (κ3) is 3.44. The number of hydrogen-bond donors (Lipinski definition) is 1. The Hall–Kier alpha value is -1.75. The Kier molecular flexibility index (Phi) is 4.76. The smallest absolute Gasteiger partial charge is 0.229 e. The molecule has 0 radical (unpaired) electrons. The second kappa shape index (κ2) is 6.79. The predicted octanol–water partition coefficient (Wildman–Crippen LogP) is 2.06. The van der Waals surface area contributed by atoms with Crippen LogP contribution in [0.5, 0.6) is 11.5 Å². The van der Waals surface area contributed by atoms with E-state index in [1.807, 2.05) is 36.1 Å². The summed E-state index contributed by atoms with van der Waals surface area (Å²) in [6.45, 7) is 7.59. The Labute approximate surface area is 137 Å². The topological polar surface area (TPSA) is 50.8 Å². The molecule has 1 aromatic rings. The zero-order chi connectivity index (χ0) is 16.3. The number of nitrogens with zero attached hydrogens (tertiary/aromatic N) is 1. The Bertz CT molecular complexity index is 555. The van der Waals surface area contributed by atoms with Gasteiger partial charge in [0.25, 0.3) is 0 Å². The van der Waals surface area contributed by atoms with Gasteiger partial charge in [-0.1, -0.05) is 12.1 Å². The molecule has 2 atom stereocenters. The second-order valence-electron chi connectivity index (χ2n) is 6.68. The van der Waals surface area contributed by atoms with E-state index in [1.54, 1.807) is 0 Å². The molecule has 5 heteroatoms. The molecule has 126 valence electrons. The van der Waals surface area contributed by atoms with Crippen LogP contribution >= 0.6 is 0 Å². The van der Waals surface area contributed by atoms with Crippen molar-refractivity contribution in [3.8, 4) is 11.5 Å². The van der Waals surface area contributed by atoms with E-state index in [1.165, 1.54) is 0 Å². The molecule has 2 aliphatic heterocycles. The van der Waals surface area contributed by atoms with Crippen LogP contribution < -0.4 is 14.8 Å². The van der Waals surface area contributed by atoms with Crippen molar-refractivity contribution in [2.75, 3.05) is 32.8 Å². The molecule has 2 unspecified atom stereocenters. The summed E-state index contributed by atoms with van der Waals surface area (Å²) in [7, 11) is 0. The molecule has 0 aliphatic carbocycles. The SMILES string of the molecule is CCN(CC1COc2ccccc2O1)C(=O)C1(C)CCCNC1. The lowest BCUT2D eigenvalue weighted by Gasteiger charge is -2.38. The van der Waals surface area contributed by atoms with E-state index < -0.39 is 0 Å². The fraction of sp³-hybridized carbons (Fsp3) is 0.611. The van der Waals surface area contributed by atoms with Crippen molar-refractivity contribution < 1.29 is 14.3 Å². The molecule has 0 bridgehead atoms.